The van der Waals surface area contributed by atoms with E-state index in [9.17, 15) is 18.5 Å². The van der Waals surface area contributed by atoms with Crippen molar-refractivity contribution in [1.29, 1.82) is 0 Å². The van der Waals surface area contributed by atoms with Gasteiger partial charge in [-0.3, -0.25) is 10.1 Å². The number of sulfone groups is 1. The Morgan fingerprint density at radius 1 is 1.50 bits per heavy atom. The number of nitrogens with zero attached hydrogens (tertiary/aromatic N) is 1. The van der Waals surface area contributed by atoms with E-state index in [2.05, 4.69) is 31.9 Å². The van der Waals surface area contributed by atoms with Crippen LogP contribution in [0.4, 0.5) is 0 Å². The van der Waals surface area contributed by atoms with E-state index < -0.39 is 17.5 Å². The maximum absolute atomic E-state index is 10.6. The summed E-state index contributed by atoms with van der Waals surface area (Å²) in [7, 11) is -3.77. The molecule has 5 nitrogen and oxygen atoms in total. The van der Waals surface area contributed by atoms with Crippen LogP contribution in [0.15, 0.2) is 0 Å². The summed E-state index contributed by atoms with van der Waals surface area (Å²) >= 11 is 4.79. The molecule has 0 radical (unpaired) electrons. The van der Waals surface area contributed by atoms with Crippen molar-refractivity contribution < 1.29 is 13.3 Å². The van der Waals surface area contributed by atoms with Gasteiger partial charge < -0.3 is 0 Å². The predicted octanol–water partition coefficient (Wildman–Crippen LogP) is 0.709. The summed E-state index contributed by atoms with van der Waals surface area (Å²) in [6, 6.07) is 0. The lowest BCUT2D eigenvalue weighted by molar-refractivity contribution is -0.480. The molecule has 0 aromatic carbocycles. The van der Waals surface area contributed by atoms with Gasteiger partial charge in [-0.2, -0.15) is 0 Å². The average molecular weight is 297 g/mol. The first-order chi connectivity index (χ1) is 4.19. The van der Waals surface area contributed by atoms with E-state index in [4.69, 9.17) is 0 Å². The van der Waals surface area contributed by atoms with Gasteiger partial charge in [-0.05, 0) is 0 Å². The molecule has 10 heavy (non-hydrogen) atoms. The zero-order valence-corrected chi connectivity index (χ0v) is 8.73. The zero-order chi connectivity index (χ0) is 8.58. The number of nitro groups is 1. The number of hydrogen-bond donors (Lipinski definition) is 0. The van der Waals surface area contributed by atoms with Crippen molar-refractivity contribution in [1.82, 2.24) is 0 Å². The Kier molecular flexibility index (Phi) is 2.83. The highest BCUT2D eigenvalue weighted by Crippen LogP contribution is 2.32. The third-order valence-electron chi connectivity index (χ3n) is 0.659. The van der Waals surface area contributed by atoms with E-state index in [1.165, 1.54) is 0 Å². The normalized spacial score (nSPS) is 13.1. The minimum Gasteiger partial charge on any atom is -0.261 e. The summed E-state index contributed by atoms with van der Waals surface area (Å²) in [5.41, 5.74) is 0. The van der Waals surface area contributed by atoms with Crippen LogP contribution < -0.4 is 0 Å². The fraction of sp³-hybridized carbons (Fsp3) is 1.00. The molecule has 0 heterocycles. The van der Waals surface area contributed by atoms with Crippen molar-refractivity contribution in [2.45, 2.75) is 2.69 Å². The number of alkyl halides is 2. The third kappa shape index (κ3) is 1.89. The molecule has 0 saturated carbocycles. The molecule has 0 bridgehead atoms. The lowest BCUT2D eigenvalue weighted by atomic mass is 11.5. The van der Waals surface area contributed by atoms with Crippen molar-refractivity contribution >= 4 is 41.7 Å². The van der Waals surface area contributed by atoms with E-state index in [-0.39, 0.29) is 0 Å². The molecule has 0 saturated heterocycles. The fourth-order valence-electron chi connectivity index (χ4n) is 0.135. The lowest BCUT2D eigenvalue weighted by Crippen LogP contribution is -2.32. The first-order valence-corrected chi connectivity index (χ1v) is 5.39. The van der Waals surface area contributed by atoms with Crippen molar-refractivity contribution in [3.63, 3.8) is 0 Å². The molecule has 0 fully saturated rings. The molecule has 0 aromatic heterocycles. The summed E-state index contributed by atoms with van der Waals surface area (Å²) in [6.45, 7) is 0. The molecule has 0 unspecified atom stereocenters. The van der Waals surface area contributed by atoms with E-state index in [1.54, 1.807) is 0 Å². The highest BCUT2D eigenvalue weighted by Gasteiger charge is 2.48. The SMILES string of the molecule is CS(=O)(=O)C(Br)(Br)[N+](=O)[O-]. The fourth-order valence-corrected chi connectivity index (χ4v) is 0.406. The standard InChI is InChI=1S/C2H3Br2NO4S/c1-10(8,9)2(3,4)5(6)7/h1H3. The van der Waals surface area contributed by atoms with Crippen molar-refractivity contribution in [2.24, 2.45) is 0 Å². The molecular weight excluding hydrogens is 294 g/mol. The van der Waals surface area contributed by atoms with Gasteiger partial charge in [0.05, 0.1) is 4.92 Å². The second-order valence-corrected chi connectivity index (χ2v) is 8.06. The molecule has 0 spiro atoms. The zero-order valence-electron chi connectivity index (χ0n) is 4.74. The molecule has 0 aliphatic carbocycles. The summed E-state index contributed by atoms with van der Waals surface area (Å²) in [5, 5.41) is 10.0. The second-order valence-electron chi connectivity index (χ2n) is 1.52. The van der Waals surface area contributed by atoms with Gasteiger partial charge in [-0.1, -0.05) is 0 Å². The molecule has 0 rings (SSSR count). The first-order valence-electron chi connectivity index (χ1n) is 1.91. The molecule has 0 aliphatic heterocycles. The molecule has 8 heteroatoms. The number of rotatable bonds is 2. The largest absolute Gasteiger partial charge is 0.423 e. The Bertz CT molecular complexity index is 244. The summed E-state index contributed by atoms with van der Waals surface area (Å²) in [6.07, 6.45) is 0.749. The van der Waals surface area contributed by atoms with Crippen LogP contribution >= 0.6 is 31.9 Å². The van der Waals surface area contributed by atoms with Crippen LogP contribution in [0.2, 0.25) is 0 Å². The third-order valence-corrected chi connectivity index (χ3v) is 5.81. The smallest absolute Gasteiger partial charge is 0.261 e. The minimum atomic E-state index is -3.77. The molecule has 0 amide bonds. The van der Waals surface area contributed by atoms with Crippen LogP contribution in [0.3, 0.4) is 0 Å². The van der Waals surface area contributed by atoms with Crippen molar-refractivity contribution in [2.75, 3.05) is 6.26 Å². The summed E-state index contributed by atoms with van der Waals surface area (Å²) < 4.78 is 18.9. The molecular formula is C2H3Br2NO4S. The highest BCUT2D eigenvalue weighted by atomic mass is 79.9. The van der Waals surface area contributed by atoms with Gasteiger partial charge in [0, 0.05) is 38.1 Å². The summed E-state index contributed by atoms with van der Waals surface area (Å²) in [5.74, 6) is 0. The molecule has 0 aromatic rings. The average Bonchev–Trinajstić information content (AvgIpc) is 1.62. The number of halogens is 2. The Morgan fingerprint density at radius 3 is 1.80 bits per heavy atom. The van der Waals surface area contributed by atoms with Gasteiger partial charge >= 0.3 is 2.69 Å². The highest BCUT2D eigenvalue weighted by molar-refractivity contribution is 9.27. The monoisotopic (exact) mass is 295 g/mol. The van der Waals surface area contributed by atoms with Crippen LogP contribution in [-0.2, 0) is 9.84 Å². The molecule has 60 valence electrons. The molecule has 0 atom stereocenters. The first kappa shape index (κ1) is 10.3. The summed E-state index contributed by atoms with van der Waals surface area (Å²) in [4.78, 5) is 9.02. The van der Waals surface area contributed by atoms with Gasteiger partial charge in [-0.25, -0.2) is 8.42 Å². The van der Waals surface area contributed by atoms with Crippen LogP contribution in [0.5, 0.6) is 0 Å². The van der Waals surface area contributed by atoms with E-state index in [1.807, 2.05) is 0 Å². The van der Waals surface area contributed by atoms with Gasteiger partial charge in [0.15, 0.2) is 0 Å². The quantitative estimate of drug-likeness (QED) is 0.325. The second kappa shape index (κ2) is 2.74. The van der Waals surface area contributed by atoms with Crippen LogP contribution in [0.25, 0.3) is 0 Å². The lowest BCUT2D eigenvalue weighted by Gasteiger charge is -2.07. The minimum absolute atomic E-state index is 0.749. The van der Waals surface area contributed by atoms with Gasteiger partial charge in [0.2, 0.25) is 9.84 Å². The molecule has 0 N–H and O–H groups in total. The Balaban J connectivity index is 4.95. The van der Waals surface area contributed by atoms with E-state index >= 15 is 0 Å². The van der Waals surface area contributed by atoms with Crippen molar-refractivity contribution in [3.8, 4) is 0 Å². The van der Waals surface area contributed by atoms with E-state index in [0.29, 0.717) is 0 Å². The Labute approximate surface area is 74.1 Å². The predicted molar refractivity (Wildman–Crippen MR) is 42.4 cm³/mol. The van der Waals surface area contributed by atoms with Gasteiger partial charge in [0.1, 0.15) is 0 Å². The van der Waals surface area contributed by atoms with Crippen LogP contribution in [-0.4, -0.2) is 22.3 Å². The maximum Gasteiger partial charge on any atom is 0.423 e. The maximum atomic E-state index is 10.6. The topological polar surface area (TPSA) is 77.3 Å². The van der Waals surface area contributed by atoms with Gasteiger partial charge in [-0.15, -0.1) is 0 Å². The van der Waals surface area contributed by atoms with Crippen molar-refractivity contribution in [3.05, 3.63) is 10.1 Å². The Hall–Kier alpha value is 0.310. The van der Waals surface area contributed by atoms with E-state index in [0.717, 1.165) is 6.26 Å². The number of hydrogen-bond acceptors (Lipinski definition) is 4. The van der Waals surface area contributed by atoms with Gasteiger partial charge in [0.25, 0.3) is 0 Å². The molecule has 0 aliphatic rings. The Morgan fingerprint density at radius 2 is 1.80 bits per heavy atom. The van der Waals surface area contributed by atoms with Crippen LogP contribution in [0.1, 0.15) is 0 Å². The van der Waals surface area contributed by atoms with Crippen LogP contribution in [0, 0.1) is 10.1 Å².